The topological polar surface area (TPSA) is 93.4 Å². The van der Waals surface area contributed by atoms with Gasteiger partial charge in [-0.3, -0.25) is 9.67 Å². The first kappa shape index (κ1) is 22.1. The average molecular weight is 480 g/mol. The Bertz CT molecular complexity index is 1600. The van der Waals surface area contributed by atoms with Crippen molar-refractivity contribution in [2.24, 2.45) is 7.05 Å². The fourth-order valence-corrected chi connectivity index (χ4v) is 4.35. The SMILES string of the molecule is CCc1nc2cc(Cn3cc4c(NCc5c(Cl)ccc(C)c5F)nc(=O)[nH]c4n3)ccc2n1C. The van der Waals surface area contributed by atoms with Crippen molar-refractivity contribution in [3.8, 4) is 0 Å². The Hall–Kier alpha value is -3.72. The van der Waals surface area contributed by atoms with Crippen LogP contribution in [-0.2, 0) is 26.6 Å². The molecule has 3 heterocycles. The van der Waals surface area contributed by atoms with Gasteiger partial charge in [0.2, 0.25) is 0 Å². The van der Waals surface area contributed by atoms with E-state index in [2.05, 4.69) is 37.9 Å². The molecule has 0 saturated heterocycles. The third-order valence-corrected chi connectivity index (χ3v) is 6.32. The van der Waals surface area contributed by atoms with Gasteiger partial charge >= 0.3 is 5.69 Å². The fourth-order valence-electron chi connectivity index (χ4n) is 4.14. The smallest absolute Gasteiger partial charge is 0.348 e. The first-order valence-electron chi connectivity index (χ1n) is 10.9. The summed E-state index contributed by atoms with van der Waals surface area (Å²) >= 11 is 6.18. The number of benzene rings is 2. The quantitative estimate of drug-likeness (QED) is 0.378. The van der Waals surface area contributed by atoms with Crippen LogP contribution >= 0.6 is 11.6 Å². The van der Waals surface area contributed by atoms with Gasteiger partial charge in [0.05, 0.1) is 23.0 Å². The summed E-state index contributed by atoms with van der Waals surface area (Å²) in [4.78, 5) is 23.5. The summed E-state index contributed by atoms with van der Waals surface area (Å²) in [5.41, 5.74) is 3.70. The normalized spacial score (nSPS) is 11.6. The number of imidazole rings is 1. The number of aromatic nitrogens is 6. The van der Waals surface area contributed by atoms with Crippen LogP contribution in [0, 0.1) is 12.7 Å². The van der Waals surface area contributed by atoms with Crippen molar-refractivity contribution in [1.29, 1.82) is 0 Å². The van der Waals surface area contributed by atoms with Crippen LogP contribution in [0.25, 0.3) is 22.1 Å². The summed E-state index contributed by atoms with van der Waals surface area (Å²) < 4.78 is 18.4. The molecule has 0 atom stereocenters. The summed E-state index contributed by atoms with van der Waals surface area (Å²) in [6.45, 7) is 4.33. The third kappa shape index (κ3) is 3.92. The average Bonchev–Trinajstić information content (AvgIpc) is 3.36. The van der Waals surface area contributed by atoms with Gasteiger partial charge in [0.1, 0.15) is 17.5 Å². The second-order valence-corrected chi connectivity index (χ2v) is 8.66. The number of aromatic amines is 1. The number of H-pyrrole nitrogens is 1. The lowest BCUT2D eigenvalue weighted by Crippen LogP contribution is -2.14. The molecule has 0 unspecified atom stereocenters. The van der Waals surface area contributed by atoms with E-state index in [1.807, 2.05) is 19.2 Å². The number of hydrogen-bond acceptors (Lipinski definition) is 5. The minimum absolute atomic E-state index is 0.0825. The predicted molar refractivity (Wildman–Crippen MR) is 131 cm³/mol. The molecule has 5 rings (SSSR count). The maximum absolute atomic E-state index is 14.5. The van der Waals surface area contributed by atoms with Crippen molar-refractivity contribution in [2.45, 2.75) is 33.4 Å². The maximum atomic E-state index is 14.5. The number of fused-ring (bicyclic) bond motifs is 2. The molecule has 3 aromatic heterocycles. The molecule has 0 fully saturated rings. The van der Waals surface area contributed by atoms with E-state index in [9.17, 15) is 9.18 Å². The highest BCUT2D eigenvalue weighted by Gasteiger charge is 2.14. The zero-order valence-electron chi connectivity index (χ0n) is 19.0. The Morgan fingerprint density at radius 3 is 2.82 bits per heavy atom. The number of halogens is 2. The second-order valence-electron chi connectivity index (χ2n) is 8.25. The van der Waals surface area contributed by atoms with E-state index < -0.39 is 5.69 Å². The van der Waals surface area contributed by atoms with Crippen LogP contribution in [0.15, 0.2) is 41.3 Å². The zero-order valence-corrected chi connectivity index (χ0v) is 19.7. The molecule has 34 heavy (non-hydrogen) atoms. The summed E-state index contributed by atoms with van der Waals surface area (Å²) in [5, 5.41) is 8.49. The molecule has 8 nitrogen and oxygen atoms in total. The molecule has 2 N–H and O–H groups in total. The molecule has 0 spiro atoms. The van der Waals surface area contributed by atoms with Crippen molar-refractivity contribution in [1.82, 2.24) is 29.3 Å². The Morgan fingerprint density at radius 2 is 2.03 bits per heavy atom. The minimum atomic E-state index is -0.543. The van der Waals surface area contributed by atoms with Crippen molar-refractivity contribution in [3.05, 3.63) is 80.4 Å². The van der Waals surface area contributed by atoms with Crippen LogP contribution in [0.2, 0.25) is 5.02 Å². The van der Waals surface area contributed by atoms with Crippen LogP contribution in [0.4, 0.5) is 10.2 Å². The van der Waals surface area contributed by atoms with E-state index in [-0.39, 0.29) is 12.4 Å². The molecular formula is C24H23ClFN7O. The summed E-state index contributed by atoms with van der Waals surface area (Å²) in [6.07, 6.45) is 2.66. The molecule has 174 valence electrons. The van der Waals surface area contributed by atoms with E-state index >= 15 is 0 Å². The van der Waals surface area contributed by atoms with Gasteiger partial charge in [-0.2, -0.15) is 10.1 Å². The summed E-state index contributed by atoms with van der Waals surface area (Å²) in [5.74, 6) is 0.962. The van der Waals surface area contributed by atoms with E-state index in [0.29, 0.717) is 39.5 Å². The monoisotopic (exact) mass is 479 g/mol. The van der Waals surface area contributed by atoms with Gasteiger partial charge in [-0.25, -0.2) is 14.2 Å². The Morgan fingerprint density at radius 1 is 1.21 bits per heavy atom. The first-order chi connectivity index (χ1) is 16.3. The van der Waals surface area contributed by atoms with Crippen LogP contribution in [-0.4, -0.2) is 29.3 Å². The molecule has 0 aliphatic heterocycles. The van der Waals surface area contributed by atoms with Crippen molar-refractivity contribution >= 4 is 39.5 Å². The number of hydrogen-bond donors (Lipinski definition) is 2. The molecule has 5 aromatic rings. The maximum Gasteiger partial charge on any atom is 0.348 e. The highest BCUT2D eigenvalue weighted by molar-refractivity contribution is 6.31. The molecular weight excluding hydrogens is 457 g/mol. The largest absolute Gasteiger partial charge is 0.365 e. The molecule has 2 aromatic carbocycles. The van der Waals surface area contributed by atoms with Crippen LogP contribution in [0.3, 0.4) is 0 Å². The van der Waals surface area contributed by atoms with E-state index in [1.54, 1.807) is 29.9 Å². The second kappa shape index (κ2) is 8.57. The van der Waals surface area contributed by atoms with Gasteiger partial charge in [-0.15, -0.1) is 0 Å². The van der Waals surface area contributed by atoms with Gasteiger partial charge in [-0.05, 0) is 36.2 Å². The standard InChI is InChI=1S/C24H23ClFN7O/c1-4-20-28-18-9-14(6-8-19(18)32(20)3)11-33-12-16-22(29-24(34)30-23(16)31-33)27-10-15-17(25)7-5-13(2)21(15)26/h5-9,12H,4,10-11H2,1-3H3,(H2,27,29,30,31,34). The van der Waals surface area contributed by atoms with Crippen molar-refractivity contribution < 1.29 is 4.39 Å². The molecule has 0 saturated carbocycles. The predicted octanol–water partition coefficient (Wildman–Crippen LogP) is 4.33. The lowest BCUT2D eigenvalue weighted by molar-refractivity contribution is 0.604. The fraction of sp³-hybridized carbons (Fsp3) is 0.250. The zero-order chi connectivity index (χ0) is 24.0. The molecule has 0 amide bonds. The van der Waals surface area contributed by atoms with Crippen LogP contribution < -0.4 is 11.0 Å². The number of anilines is 1. The molecule has 0 radical (unpaired) electrons. The van der Waals surface area contributed by atoms with Crippen LogP contribution in [0.5, 0.6) is 0 Å². The number of aryl methyl sites for hydroxylation is 3. The van der Waals surface area contributed by atoms with Gasteiger partial charge < -0.3 is 9.88 Å². The highest BCUT2D eigenvalue weighted by Crippen LogP contribution is 2.25. The van der Waals surface area contributed by atoms with E-state index in [4.69, 9.17) is 16.6 Å². The van der Waals surface area contributed by atoms with Gasteiger partial charge in [0, 0.05) is 36.8 Å². The lowest BCUT2D eigenvalue weighted by Gasteiger charge is -2.10. The Kier molecular flexibility index (Phi) is 5.57. The number of nitrogens with one attached hydrogen (secondary N) is 2. The van der Waals surface area contributed by atoms with E-state index in [1.165, 1.54) is 0 Å². The molecule has 0 bridgehead atoms. The molecule has 10 heteroatoms. The van der Waals surface area contributed by atoms with Gasteiger partial charge in [0.15, 0.2) is 5.65 Å². The minimum Gasteiger partial charge on any atom is -0.365 e. The number of rotatable bonds is 6. The summed E-state index contributed by atoms with van der Waals surface area (Å²) in [7, 11) is 2.02. The summed E-state index contributed by atoms with van der Waals surface area (Å²) in [6, 6.07) is 9.41. The Labute approximate surface area is 199 Å². The van der Waals surface area contributed by atoms with Crippen LogP contribution in [0.1, 0.15) is 29.4 Å². The Balaban J connectivity index is 1.45. The highest BCUT2D eigenvalue weighted by atomic mass is 35.5. The number of nitrogens with zero attached hydrogens (tertiary/aromatic N) is 5. The van der Waals surface area contributed by atoms with E-state index in [0.717, 1.165) is 28.8 Å². The van der Waals surface area contributed by atoms with Gasteiger partial charge in [0.25, 0.3) is 0 Å². The molecule has 0 aliphatic carbocycles. The first-order valence-corrected chi connectivity index (χ1v) is 11.3. The lowest BCUT2D eigenvalue weighted by atomic mass is 10.1. The van der Waals surface area contributed by atoms with Crippen molar-refractivity contribution in [3.63, 3.8) is 0 Å². The van der Waals surface area contributed by atoms with Gasteiger partial charge in [-0.1, -0.05) is 30.7 Å². The molecule has 0 aliphatic rings. The van der Waals surface area contributed by atoms with Crippen molar-refractivity contribution in [2.75, 3.05) is 5.32 Å². The third-order valence-electron chi connectivity index (χ3n) is 5.97.